The highest BCUT2D eigenvalue weighted by Crippen LogP contribution is 2.26. The van der Waals surface area contributed by atoms with Crippen LogP contribution in [0.15, 0.2) is 18.2 Å². The van der Waals surface area contributed by atoms with Crippen molar-refractivity contribution in [3.05, 3.63) is 29.6 Å². The van der Waals surface area contributed by atoms with Gasteiger partial charge in [0.05, 0.1) is 7.11 Å². The van der Waals surface area contributed by atoms with Crippen LogP contribution in [0.3, 0.4) is 0 Å². The van der Waals surface area contributed by atoms with Crippen LogP contribution >= 0.6 is 0 Å². The molecule has 108 valence electrons. The van der Waals surface area contributed by atoms with E-state index >= 15 is 0 Å². The summed E-state index contributed by atoms with van der Waals surface area (Å²) in [6.45, 7) is 4.21. The minimum Gasteiger partial charge on any atom is -0.494 e. The summed E-state index contributed by atoms with van der Waals surface area (Å²) in [6.07, 6.45) is 1.40. The number of hydrogen-bond acceptors (Lipinski definition) is 3. The number of benzene rings is 1. The molecule has 4 heteroatoms. The standard InChI is InChI=1S/C15H25FN2O/c1-6-15(2,18(3)4)13(17)10-11-8-7-9-12(19-5)14(11)16/h7-9,13H,6,10,17H2,1-5H3. The first-order valence-electron chi connectivity index (χ1n) is 6.61. The van der Waals surface area contributed by atoms with E-state index in [1.54, 1.807) is 18.2 Å². The fourth-order valence-corrected chi connectivity index (χ4v) is 2.24. The van der Waals surface area contributed by atoms with Crippen molar-refractivity contribution in [3.63, 3.8) is 0 Å². The zero-order valence-electron chi connectivity index (χ0n) is 12.5. The number of ether oxygens (including phenoxy) is 1. The smallest absolute Gasteiger partial charge is 0.168 e. The molecule has 1 aromatic carbocycles. The SMILES string of the molecule is CCC(C)(C(N)Cc1cccc(OC)c1F)N(C)C. The first-order chi connectivity index (χ1) is 8.86. The van der Waals surface area contributed by atoms with Crippen LogP contribution in [0, 0.1) is 5.82 Å². The molecule has 2 unspecified atom stereocenters. The lowest BCUT2D eigenvalue weighted by Crippen LogP contribution is -2.55. The lowest BCUT2D eigenvalue weighted by atomic mass is 9.84. The number of hydrogen-bond donors (Lipinski definition) is 1. The van der Waals surface area contributed by atoms with E-state index in [1.165, 1.54) is 7.11 Å². The first kappa shape index (κ1) is 15.9. The highest BCUT2D eigenvalue weighted by atomic mass is 19.1. The van der Waals surface area contributed by atoms with Crippen molar-refractivity contribution < 1.29 is 9.13 Å². The molecule has 0 amide bonds. The van der Waals surface area contributed by atoms with E-state index in [9.17, 15) is 4.39 Å². The van der Waals surface area contributed by atoms with Crippen LogP contribution in [0.5, 0.6) is 5.75 Å². The van der Waals surface area contributed by atoms with Gasteiger partial charge in [0.1, 0.15) is 0 Å². The second-order valence-electron chi connectivity index (χ2n) is 5.35. The second kappa shape index (κ2) is 6.35. The number of likely N-dealkylation sites (N-methyl/N-ethyl adjacent to an activating group) is 1. The maximum atomic E-state index is 14.1. The van der Waals surface area contributed by atoms with Gasteiger partial charge in [0.15, 0.2) is 11.6 Å². The molecule has 19 heavy (non-hydrogen) atoms. The van der Waals surface area contributed by atoms with Crippen molar-refractivity contribution in [1.82, 2.24) is 4.90 Å². The van der Waals surface area contributed by atoms with Gasteiger partial charge >= 0.3 is 0 Å². The number of nitrogens with two attached hydrogens (primary N) is 1. The van der Waals surface area contributed by atoms with Gasteiger partial charge in [-0.15, -0.1) is 0 Å². The zero-order valence-corrected chi connectivity index (χ0v) is 12.5. The summed E-state index contributed by atoms with van der Waals surface area (Å²) in [7, 11) is 5.48. The van der Waals surface area contributed by atoms with Crippen molar-refractivity contribution in [1.29, 1.82) is 0 Å². The predicted octanol–water partition coefficient (Wildman–Crippen LogP) is 2.43. The third-order valence-corrected chi connectivity index (χ3v) is 4.24. The van der Waals surface area contributed by atoms with Crippen molar-refractivity contribution in [2.75, 3.05) is 21.2 Å². The van der Waals surface area contributed by atoms with E-state index in [0.717, 1.165) is 6.42 Å². The van der Waals surface area contributed by atoms with Crippen LogP contribution in [-0.4, -0.2) is 37.7 Å². The van der Waals surface area contributed by atoms with Crippen molar-refractivity contribution >= 4 is 0 Å². The molecule has 1 rings (SSSR count). The molecule has 0 bridgehead atoms. The fourth-order valence-electron chi connectivity index (χ4n) is 2.24. The summed E-state index contributed by atoms with van der Waals surface area (Å²) in [5.74, 6) is -0.0367. The van der Waals surface area contributed by atoms with E-state index < -0.39 is 0 Å². The molecule has 1 aromatic rings. The molecule has 2 N–H and O–H groups in total. The average molecular weight is 268 g/mol. The molecule has 0 heterocycles. The minimum absolute atomic E-state index is 0.144. The van der Waals surface area contributed by atoms with E-state index in [4.69, 9.17) is 10.5 Å². The molecule has 0 radical (unpaired) electrons. The average Bonchev–Trinajstić information content (AvgIpc) is 2.39. The Bertz CT molecular complexity index is 423. The molecule has 0 saturated heterocycles. The van der Waals surface area contributed by atoms with Gasteiger partial charge in [-0.3, -0.25) is 0 Å². The summed E-state index contributed by atoms with van der Waals surface area (Å²) < 4.78 is 19.1. The Hall–Kier alpha value is -1.13. The zero-order chi connectivity index (χ0) is 14.6. The molecular weight excluding hydrogens is 243 g/mol. The van der Waals surface area contributed by atoms with E-state index in [2.05, 4.69) is 18.7 Å². The summed E-state index contributed by atoms with van der Waals surface area (Å²) in [5, 5.41) is 0. The van der Waals surface area contributed by atoms with Crippen molar-refractivity contribution in [3.8, 4) is 5.75 Å². The number of nitrogens with zero attached hydrogens (tertiary/aromatic N) is 1. The topological polar surface area (TPSA) is 38.5 Å². The molecule has 0 fully saturated rings. The minimum atomic E-state index is -0.308. The van der Waals surface area contributed by atoms with E-state index in [1.807, 2.05) is 14.1 Å². The molecular formula is C15H25FN2O. The van der Waals surface area contributed by atoms with Crippen molar-refractivity contribution in [2.45, 2.75) is 38.3 Å². The fraction of sp³-hybridized carbons (Fsp3) is 0.600. The first-order valence-corrected chi connectivity index (χ1v) is 6.61. The molecule has 2 atom stereocenters. The molecule has 0 aliphatic heterocycles. The third-order valence-electron chi connectivity index (χ3n) is 4.24. The Kier molecular flexibility index (Phi) is 5.32. The van der Waals surface area contributed by atoms with Gasteiger partial charge in [-0.25, -0.2) is 4.39 Å². The van der Waals surface area contributed by atoms with Crippen LogP contribution in [0.4, 0.5) is 4.39 Å². The molecule has 0 aromatic heterocycles. The van der Waals surface area contributed by atoms with Crippen LogP contribution in [0.25, 0.3) is 0 Å². The molecule has 3 nitrogen and oxygen atoms in total. The van der Waals surface area contributed by atoms with Gasteiger partial charge in [-0.1, -0.05) is 19.1 Å². The molecule has 0 saturated carbocycles. The van der Waals surface area contributed by atoms with Crippen LogP contribution < -0.4 is 10.5 Å². The Morgan fingerprint density at radius 1 is 1.42 bits per heavy atom. The number of rotatable bonds is 6. The van der Waals surface area contributed by atoms with Crippen LogP contribution in [0.2, 0.25) is 0 Å². The monoisotopic (exact) mass is 268 g/mol. The molecule has 0 aliphatic carbocycles. The molecule has 0 spiro atoms. The Balaban J connectivity index is 2.96. The predicted molar refractivity (Wildman–Crippen MR) is 77.0 cm³/mol. The van der Waals surface area contributed by atoms with Crippen LogP contribution in [0.1, 0.15) is 25.8 Å². The highest BCUT2D eigenvalue weighted by Gasteiger charge is 2.32. The maximum absolute atomic E-state index is 14.1. The Morgan fingerprint density at radius 2 is 2.05 bits per heavy atom. The molecule has 0 aliphatic rings. The van der Waals surface area contributed by atoms with Gasteiger partial charge in [0.25, 0.3) is 0 Å². The van der Waals surface area contributed by atoms with Gasteiger partial charge in [0.2, 0.25) is 0 Å². The maximum Gasteiger partial charge on any atom is 0.168 e. The quantitative estimate of drug-likeness (QED) is 0.861. The van der Waals surface area contributed by atoms with Gasteiger partial charge in [0, 0.05) is 11.6 Å². The number of halogens is 1. The third kappa shape index (κ3) is 3.25. The van der Waals surface area contributed by atoms with Crippen LogP contribution in [-0.2, 0) is 6.42 Å². The summed E-state index contributed by atoms with van der Waals surface area (Å²) in [5.41, 5.74) is 6.75. The van der Waals surface area contributed by atoms with E-state index in [0.29, 0.717) is 12.0 Å². The van der Waals surface area contributed by atoms with Gasteiger partial charge in [-0.05, 0) is 45.5 Å². The Morgan fingerprint density at radius 3 is 2.53 bits per heavy atom. The largest absolute Gasteiger partial charge is 0.494 e. The normalized spacial score (nSPS) is 16.2. The summed E-state index contributed by atoms with van der Waals surface area (Å²) in [4.78, 5) is 2.11. The summed E-state index contributed by atoms with van der Waals surface area (Å²) in [6, 6.07) is 5.04. The lowest BCUT2D eigenvalue weighted by Gasteiger charge is -2.41. The van der Waals surface area contributed by atoms with E-state index in [-0.39, 0.29) is 23.1 Å². The van der Waals surface area contributed by atoms with Gasteiger partial charge < -0.3 is 15.4 Å². The lowest BCUT2D eigenvalue weighted by molar-refractivity contribution is 0.131. The Labute approximate surface area is 115 Å². The van der Waals surface area contributed by atoms with Crippen molar-refractivity contribution in [2.24, 2.45) is 5.73 Å². The highest BCUT2D eigenvalue weighted by molar-refractivity contribution is 5.31. The summed E-state index contributed by atoms with van der Waals surface area (Å²) >= 11 is 0. The van der Waals surface area contributed by atoms with Gasteiger partial charge in [-0.2, -0.15) is 0 Å². The number of methoxy groups -OCH3 is 1. The second-order valence-corrected chi connectivity index (χ2v) is 5.35.